The van der Waals surface area contributed by atoms with Gasteiger partial charge in [0.25, 0.3) is 5.91 Å². The maximum Gasteiger partial charge on any atom is 0.363 e. The molecule has 1 unspecified atom stereocenters. The van der Waals surface area contributed by atoms with Gasteiger partial charge in [-0.1, -0.05) is 33.1 Å². The van der Waals surface area contributed by atoms with Crippen LogP contribution in [0.3, 0.4) is 0 Å². The number of benzene rings is 2. The number of carbonyl (C=O) groups is 4. The van der Waals surface area contributed by atoms with Gasteiger partial charge in [0, 0.05) is 18.0 Å². The van der Waals surface area contributed by atoms with Gasteiger partial charge in [-0.05, 0) is 80.4 Å². The van der Waals surface area contributed by atoms with Gasteiger partial charge in [-0.15, -0.1) is 0 Å². The third kappa shape index (κ3) is 10.4. The number of hydrogen-bond donors (Lipinski definition) is 4. The number of carbonyl (C=O) groups excluding carboxylic acids is 4. The van der Waals surface area contributed by atoms with Gasteiger partial charge in [-0.25, -0.2) is 9.48 Å². The summed E-state index contributed by atoms with van der Waals surface area (Å²) in [4.78, 5) is 76.5. The van der Waals surface area contributed by atoms with Gasteiger partial charge in [0.15, 0.2) is 5.76 Å². The molecular formula is C35H42N5O10P. The Morgan fingerprint density at radius 1 is 1.04 bits per heavy atom. The molecule has 4 N–H and O–H groups in total. The molecule has 2 aromatic heterocycles. The quantitative estimate of drug-likeness (QED) is 0.0352. The first-order valence-corrected chi connectivity index (χ1v) is 18.2. The van der Waals surface area contributed by atoms with Crippen LogP contribution in [0, 0.1) is 5.92 Å². The van der Waals surface area contributed by atoms with Crippen LogP contribution in [0.25, 0.3) is 17.0 Å². The summed E-state index contributed by atoms with van der Waals surface area (Å²) in [5.74, 6) is -2.37. The summed E-state index contributed by atoms with van der Waals surface area (Å²) in [6, 6.07) is 14.3. The lowest BCUT2D eigenvalue weighted by atomic mass is 9.90. The number of ether oxygens (including phenoxy) is 1. The number of furan rings is 1. The third-order valence-electron chi connectivity index (χ3n) is 7.99. The van der Waals surface area contributed by atoms with Crippen LogP contribution >= 0.6 is 7.60 Å². The first-order chi connectivity index (χ1) is 24.5. The Morgan fingerprint density at radius 2 is 1.80 bits per heavy atom. The number of hydrogen-bond acceptors (Lipinski definition) is 9. The Balaban J connectivity index is 1.41. The molecule has 0 saturated carbocycles. The van der Waals surface area contributed by atoms with Gasteiger partial charge in [0.05, 0.1) is 41.8 Å². The van der Waals surface area contributed by atoms with Crippen molar-refractivity contribution in [1.82, 2.24) is 25.5 Å². The molecule has 0 spiro atoms. The minimum absolute atomic E-state index is 0.110. The maximum absolute atomic E-state index is 13.5. The van der Waals surface area contributed by atoms with Crippen LogP contribution in [0.4, 0.5) is 0 Å². The van der Waals surface area contributed by atoms with E-state index < -0.39 is 37.3 Å². The first-order valence-electron chi connectivity index (χ1n) is 16.5. The molecule has 0 aliphatic heterocycles. The number of nitrogens with one attached hydrogen (secondary N) is 2. The smallest absolute Gasteiger partial charge is 0.363 e. The molecule has 2 heterocycles. The van der Waals surface area contributed by atoms with Gasteiger partial charge in [0.2, 0.25) is 12.3 Å². The van der Waals surface area contributed by atoms with E-state index in [1.807, 2.05) is 6.92 Å². The van der Waals surface area contributed by atoms with Crippen LogP contribution in [0.5, 0.6) is 5.75 Å². The zero-order valence-corrected chi connectivity index (χ0v) is 29.5. The molecule has 4 aromatic rings. The zero-order chi connectivity index (χ0) is 37.0. The van der Waals surface area contributed by atoms with Gasteiger partial charge >= 0.3 is 13.6 Å². The molecule has 0 fully saturated rings. The van der Waals surface area contributed by atoms with Gasteiger partial charge in [0.1, 0.15) is 11.5 Å². The molecular weight excluding hydrogens is 681 g/mol. The van der Waals surface area contributed by atoms with Crippen LogP contribution in [-0.4, -0.2) is 68.1 Å². The van der Waals surface area contributed by atoms with E-state index in [9.17, 15) is 33.5 Å². The van der Waals surface area contributed by atoms with E-state index >= 15 is 0 Å². The Labute approximate surface area is 295 Å². The summed E-state index contributed by atoms with van der Waals surface area (Å²) in [6.45, 7) is 5.51. The van der Waals surface area contributed by atoms with E-state index in [1.54, 1.807) is 61.3 Å². The highest BCUT2D eigenvalue weighted by molar-refractivity contribution is 7.60. The topological polar surface area (TPSA) is 203 Å². The SMILES string of the molecule is CCCCCC(C(=O)NCNC(=O)c1ccc(-c2cc(OCC)cc(P(=O)(O)O)c2)o1)[C@@H](CC)N(C=O)OC(=O)c1ccc(-n2cccn2)cc1. The summed E-state index contributed by atoms with van der Waals surface area (Å²) in [5.41, 5.74) is 1.22. The Hall–Kier alpha value is -5.24. The fraction of sp³-hybridized carbons (Fsp3) is 0.343. The molecule has 272 valence electrons. The van der Waals surface area contributed by atoms with Gasteiger partial charge < -0.3 is 34.4 Å². The van der Waals surface area contributed by atoms with E-state index in [0.717, 1.165) is 23.6 Å². The fourth-order valence-electron chi connectivity index (χ4n) is 5.43. The minimum atomic E-state index is -4.61. The van der Waals surface area contributed by atoms with Crippen molar-refractivity contribution in [2.75, 3.05) is 13.3 Å². The number of unbranched alkanes of at least 4 members (excludes halogenated alkanes) is 2. The molecule has 3 amide bonds. The van der Waals surface area contributed by atoms with Crippen molar-refractivity contribution in [3.05, 3.63) is 84.4 Å². The van der Waals surface area contributed by atoms with Gasteiger partial charge in [-0.3, -0.25) is 18.9 Å². The van der Waals surface area contributed by atoms with E-state index in [0.29, 0.717) is 31.2 Å². The first kappa shape index (κ1) is 38.6. The van der Waals surface area contributed by atoms with Crippen molar-refractivity contribution < 1.29 is 47.5 Å². The monoisotopic (exact) mass is 723 g/mol. The second kappa shape index (κ2) is 18.1. The third-order valence-corrected chi connectivity index (χ3v) is 8.92. The lowest BCUT2D eigenvalue weighted by Crippen LogP contribution is -2.49. The zero-order valence-electron chi connectivity index (χ0n) is 28.6. The Kier molecular flexibility index (Phi) is 13.7. The molecule has 2 atom stereocenters. The predicted molar refractivity (Wildman–Crippen MR) is 186 cm³/mol. The van der Waals surface area contributed by atoms with Crippen LogP contribution in [0.15, 0.2) is 77.5 Å². The highest BCUT2D eigenvalue weighted by atomic mass is 31.2. The summed E-state index contributed by atoms with van der Waals surface area (Å²) < 4.78 is 24.6. The van der Waals surface area contributed by atoms with Gasteiger partial charge in [-0.2, -0.15) is 10.2 Å². The summed E-state index contributed by atoms with van der Waals surface area (Å²) in [6.07, 6.45) is 6.87. The van der Waals surface area contributed by atoms with Crippen molar-refractivity contribution in [2.45, 2.75) is 58.9 Å². The highest BCUT2D eigenvalue weighted by Gasteiger charge is 2.33. The van der Waals surface area contributed by atoms with Crippen molar-refractivity contribution in [3.8, 4) is 22.8 Å². The van der Waals surface area contributed by atoms with Crippen LogP contribution in [0.2, 0.25) is 0 Å². The average Bonchev–Trinajstić information content (AvgIpc) is 3.84. The van der Waals surface area contributed by atoms with E-state index in [1.165, 1.54) is 30.3 Å². The number of hydroxylamine groups is 2. The van der Waals surface area contributed by atoms with Crippen LogP contribution in [0.1, 0.15) is 73.8 Å². The molecule has 51 heavy (non-hydrogen) atoms. The van der Waals surface area contributed by atoms with E-state index in [-0.39, 0.29) is 41.4 Å². The predicted octanol–water partition coefficient (Wildman–Crippen LogP) is 4.34. The molecule has 0 aliphatic rings. The standard InChI is InChI=1S/C35H42N5O10P/c1-4-7-8-10-29(30(5-2)40(23-41)50-35(44)24-11-13-26(14-12-24)39-18-9-17-38-39)33(42)36-22-37-34(43)32-16-15-31(49-32)25-19-27(48-6-3)21-28(20-25)51(45,46)47/h9,11-21,23,29-30H,4-8,10,22H2,1-3H3,(H,36,42)(H,37,43)(H2,45,46,47)/t29?,30-/m1/s1. The van der Waals surface area contributed by atoms with Crippen molar-refractivity contribution >= 4 is 37.1 Å². The van der Waals surface area contributed by atoms with Crippen molar-refractivity contribution in [1.29, 1.82) is 0 Å². The number of nitrogens with zero attached hydrogens (tertiary/aromatic N) is 3. The minimum Gasteiger partial charge on any atom is -0.494 e. The van der Waals surface area contributed by atoms with Crippen LogP contribution in [-0.2, 0) is 19.0 Å². The largest absolute Gasteiger partial charge is 0.494 e. The second-order valence-corrected chi connectivity index (χ2v) is 13.1. The van der Waals surface area contributed by atoms with E-state index in [2.05, 4.69) is 15.7 Å². The molecule has 0 saturated heterocycles. The maximum atomic E-state index is 13.5. The van der Waals surface area contributed by atoms with Crippen molar-refractivity contribution in [2.24, 2.45) is 5.92 Å². The molecule has 15 nitrogen and oxygen atoms in total. The second-order valence-electron chi connectivity index (χ2n) is 11.5. The number of amides is 3. The molecule has 0 radical (unpaired) electrons. The Bertz CT molecular complexity index is 1820. The van der Waals surface area contributed by atoms with E-state index in [4.69, 9.17) is 14.0 Å². The fourth-order valence-corrected chi connectivity index (χ4v) is 6.03. The molecule has 16 heteroatoms. The number of rotatable bonds is 19. The molecule has 4 rings (SSSR count). The molecule has 0 aliphatic carbocycles. The summed E-state index contributed by atoms with van der Waals surface area (Å²) in [7, 11) is -4.61. The summed E-state index contributed by atoms with van der Waals surface area (Å²) in [5, 5.41) is 10.0. The normalized spacial score (nSPS) is 12.4. The summed E-state index contributed by atoms with van der Waals surface area (Å²) >= 11 is 0. The van der Waals surface area contributed by atoms with Crippen molar-refractivity contribution in [3.63, 3.8) is 0 Å². The number of aromatic nitrogens is 2. The lowest BCUT2D eigenvalue weighted by Gasteiger charge is -2.31. The molecule has 0 bridgehead atoms. The van der Waals surface area contributed by atoms with Crippen LogP contribution < -0.4 is 20.7 Å². The highest BCUT2D eigenvalue weighted by Crippen LogP contribution is 2.37. The average molecular weight is 724 g/mol. The molecule has 2 aromatic carbocycles. The lowest BCUT2D eigenvalue weighted by molar-refractivity contribution is -0.171. The Morgan fingerprint density at radius 3 is 2.43 bits per heavy atom.